The minimum absolute atomic E-state index is 0.139. The summed E-state index contributed by atoms with van der Waals surface area (Å²) in [4.78, 5) is 11.5. The van der Waals surface area contributed by atoms with Crippen molar-refractivity contribution in [1.82, 2.24) is 0 Å². The largest absolute Gasteiger partial charge is 0.465 e. The zero-order valence-electron chi connectivity index (χ0n) is 13.7. The summed E-state index contributed by atoms with van der Waals surface area (Å²) in [6, 6.07) is 0. The predicted octanol–water partition coefficient (Wildman–Crippen LogP) is 4.50. The molecular formula is C19H28O2. The zero-order chi connectivity index (χ0) is 15.8. The van der Waals surface area contributed by atoms with Crippen molar-refractivity contribution in [2.24, 2.45) is 5.92 Å². The molecule has 0 aliphatic rings. The second-order valence-electron chi connectivity index (χ2n) is 5.07. The highest BCUT2D eigenvalue weighted by Crippen LogP contribution is 2.10. The minimum atomic E-state index is -0.139. The van der Waals surface area contributed by atoms with Gasteiger partial charge in [-0.1, -0.05) is 19.1 Å². The van der Waals surface area contributed by atoms with E-state index in [1.54, 1.807) is 0 Å². The van der Waals surface area contributed by atoms with Gasteiger partial charge in [0.1, 0.15) is 0 Å². The Morgan fingerprint density at radius 3 is 2.52 bits per heavy atom. The fourth-order valence-corrected chi connectivity index (χ4v) is 1.75. The van der Waals surface area contributed by atoms with Crippen molar-refractivity contribution < 1.29 is 9.53 Å². The van der Waals surface area contributed by atoms with Gasteiger partial charge < -0.3 is 4.74 Å². The van der Waals surface area contributed by atoms with Crippen LogP contribution in [-0.4, -0.2) is 12.6 Å². The Bertz CT molecular complexity index is 412. The van der Waals surface area contributed by atoms with Crippen LogP contribution in [0.1, 0.15) is 65.7 Å². The van der Waals surface area contributed by atoms with E-state index in [2.05, 4.69) is 30.6 Å². The molecule has 0 rings (SSSR count). The van der Waals surface area contributed by atoms with E-state index in [0.717, 1.165) is 38.5 Å². The number of allylic oxidation sites excluding steroid dienone is 1. The van der Waals surface area contributed by atoms with Gasteiger partial charge in [-0.15, -0.1) is 23.7 Å². The fourth-order valence-electron chi connectivity index (χ4n) is 1.75. The summed E-state index contributed by atoms with van der Waals surface area (Å²) in [6.07, 6.45) is 10.1. The van der Waals surface area contributed by atoms with E-state index in [0.29, 0.717) is 18.9 Å². The first-order chi connectivity index (χ1) is 10.2. The highest BCUT2D eigenvalue weighted by atomic mass is 16.5. The number of unbranched alkanes of at least 4 members (excludes halogenated alkanes) is 2. The first-order valence-electron chi connectivity index (χ1n) is 7.80. The Labute approximate surface area is 130 Å². The molecule has 0 aromatic carbocycles. The lowest BCUT2D eigenvalue weighted by atomic mass is 10.0. The van der Waals surface area contributed by atoms with E-state index in [9.17, 15) is 4.79 Å². The van der Waals surface area contributed by atoms with Crippen LogP contribution in [0.25, 0.3) is 0 Å². The molecule has 1 atom stereocenters. The maximum absolute atomic E-state index is 11.5. The summed E-state index contributed by atoms with van der Waals surface area (Å²) in [5, 5.41) is 0. The molecule has 0 aromatic heterocycles. The van der Waals surface area contributed by atoms with Gasteiger partial charge in [-0.2, -0.15) is 0 Å². The maximum Gasteiger partial charge on any atom is 0.309 e. The summed E-state index contributed by atoms with van der Waals surface area (Å²) in [5.41, 5.74) is 0. The maximum atomic E-state index is 11.5. The van der Waals surface area contributed by atoms with Crippen molar-refractivity contribution in [3.05, 3.63) is 12.2 Å². The molecule has 2 heteroatoms. The lowest BCUT2D eigenvalue weighted by Gasteiger charge is -2.09. The number of rotatable bonds is 10. The van der Waals surface area contributed by atoms with E-state index in [-0.39, 0.29) is 5.97 Å². The Hall–Kier alpha value is -1.67. The highest BCUT2D eigenvalue weighted by molar-refractivity contribution is 5.71. The van der Waals surface area contributed by atoms with Gasteiger partial charge in [-0.3, -0.25) is 4.79 Å². The smallest absolute Gasteiger partial charge is 0.309 e. The van der Waals surface area contributed by atoms with E-state index < -0.39 is 0 Å². The average Bonchev–Trinajstić information content (AvgIpc) is 2.46. The molecule has 0 N–H and O–H groups in total. The molecule has 1 unspecified atom stereocenters. The van der Waals surface area contributed by atoms with Gasteiger partial charge >= 0.3 is 5.97 Å². The van der Waals surface area contributed by atoms with Crippen LogP contribution in [0.15, 0.2) is 12.2 Å². The van der Waals surface area contributed by atoms with E-state index >= 15 is 0 Å². The van der Waals surface area contributed by atoms with Gasteiger partial charge in [0.2, 0.25) is 0 Å². The van der Waals surface area contributed by atoms with Crippen molar-refractivity contribution in [2.45, 2.75) is 65.7 Å². The molecule has 0 saturated carbocycles. The number of hydrogen-bond acceptors (Lipinski definition) is 2. The molecular weight excluding hydrogens is 260 g/mol. The Balaban J connectivity index is 3.53. The first-order valence-corrected chi connectivity index (χ1v) is 7.80. The molecule has 0 aromatic rings. The molecule has 0 saturated heterocycles. The minimum Gasteiger partial charge on any atom is -0.465 e. The molecule has 0 bridgehead atoms. The topological polar surface area (TPSA) is 26.3 Å². The Morgan fingerprint density at radius 2 is 1.81 bits per heavy atom. The van der Waals surface area contributed by atoms with Gasteiger partial charge in [0, 0.05) is 12.8 Å². The number of esters is 1. The monoisotopic (exact) mass is 288 g/mol. The van der Waals surface area contributed by atoms with Crippen LogP contribution in [0.5, 0.6) is 0 Å². The third-order valence-electron chi connectivity index (χ3n) is 3.11. The summed E-state index contributed by atoms with van der Waals surface area (Å²) >= 11 is 0. The lowest BCUT2D eigenvalue weighted by Crippen LogP contribution is -2.07. The Kier molecular flexibility index (Phi) is 13.6. The quantitative estimate of drug-likeness (QED) is 0.256. The molecule has 0 fully saturated rings. The van der Waals surface area contributed by atoms with E-state index in [1.807, 2.05) is 26.0 Å². The fraction of sp³-hybridized carbons (Fsp3) is 0.632. The number of carbonyl (C=O) groups excluding carboxylic acids is 1. The van der Waals surface area contributed by atoms with Gasteiger partial charge in [0.25, 0.3) is 0 Å². The molecule has 0 heterocycles. The second-order valence-corrected chi connectivity index (χ2v) is 5.07. The van der Waals surface area contributed by atoms with Crippen LogP contribution in [0, 0.1) is 29.6 Å². The van der Waals surface area contributed by atoms with Crippen LogP contribution < -0.4 is 0 Å². The molecule has 0 radical (unpaired) electrons. The number of hydrogen-bond donors (Lipinski definition) is 0. The molecule has 0 amide bonds. The number of ether oxygens (including phenoxy) is 1. The van der Waals surface area contributed by atoms with Crippen LogP contribution in [-0.2, 0) is 9.53 Å². The molecule has 116 valence electrons. The lowest BCUT2D eigenvalue weighted by molar-refractivity contribution is -0.142. The van der Waals surface area contributed by atoms with Crippen LogP contribution in [0.3, 0.4) is 0 Å². The SMILES string of the molecule is CC#CCCCC=CCC(=O)OCCC(C)CCC#CC. The van der Waals surface area contributed by atoms with Crippen LogP contribution in [0.2, 0.25) is 0 Å². The number of carbonyl (C=O) groups is 1. The summed E-state index contributed by atoms with van der Waals surface area (Å²) in [7, 11) is 0. The van der Waals surface area contributed by atoms with E-state index in [4.69, 9.17) is 4.74 Å². The van der Waals surface area contributed by atoms with Crippen molar-refractivity contribution in [3.63, 3.8) is 0 Å². The predicted molar refractivity (Wildman–Crippen MR) is 88.5 cm³/mol. The van der Waals surface area contributed by atoms with Gasteiger partial charge in [0.15, 0.2) is 0 Å². The van der Waals surface area contributed by atoms with E-state index in [1.165, 1.54) is 0 Å². The molecule has 0 aliphatic carbocycles. The standard InChI is InChI=1S/C19H28O2/c1-4-6-8-9-10-11-13-15-19(20)21-17-16-18(3)14-12-7-5-2/h11,13,18H,8-10,12,14-17H2,1-3H3. The second kappa shape index (κ2) is 14.7. The molecule has 0 spiro atoms. The highest BCUT2D eigenvalue weighted by Gasteiger charge is 2.04. The first kappa shape index (κ1) is 19.3. The summed E-state index contributed by atoms with van der Waals surface area (Å²) in [6.45, 7) is 6.39. The van der Waals surface area contributed by atoms with Crippen molar-refractivity contribution >= 4 is 5.97 Å². The molecule has 2 nitrogen and oxygen atoms in total. The third-order valence-corrected chi connectivity index (χ3v) is 3.11. The van der Waals surface area contributed by atoms with Gasteiger partial charge in [0.05, 0.1) is 13.0 Å². The van der Waals surface area contributed by atoms with Gasteiger partial charge in [-0.25, -0.2) is 0 Å². The van der Waals surface area contributed by atoms with Crippen molar-refractivity contribution in [1.29, 1.82) is 0 Å². The molecule has 0 aliphatic heterocycles. The normalized spacial score (nSPS) is 11.2. The van der Waals surface area contributed by atoms with Crippen molar-refractivity contribution in [2.75, 3.05) is 6.61 Å². The summed E-state index contributed by atoms with van der Waals surface area (Å²) < 4.78 is 5.22. The summed E-state index contributed by atoms with van der Waals surface area (Å²) in [5.74, 6) is 12.2. The van der Waals surface area contributed by atoms with Crippen LogP contribution in [0.4, 0.5) is 0 Å². The average molecular weight is 288 g/mol. The Morgan fingerprint density at radius 1 is 1.10 bits per heavy atom. The van der Waals surface area contributed by atoms with Crippen LogP contribution >= 0.6 is 0 Å². The third kappa shape index (κ3) is 14.5. The molecule has 21 heavy (non-hydrogen) atoms. The van der Waals surface area contributed by atoms with Gasteiger partial charge in [-0.05, 0) is 45.4 Å². The van der Waals surface area contributed by atoms with Crippen molar-refractivity contribution in [3.8, 4) is 23.7 Å². The zero-order valence-corrected chi connectivity index (χ0v) is 13.7.